The van der Waals surface area contributed by atoms with Crippen molar-refractivity contribution in [2.75, 3.05) is 30.8 Å². The molecule has 2 aromatic rings. The minimum Gasteiger partial charge on any atom is -0.497 e. The zero-order valence-corrected chi connectivity index (χ0v) is 23.1. The SMILES string of the molecule is CCCCNC(=O)C(C)N(Cc1ccc(OC)cc1)C(=O)CN(c1ccc(Cl)c(C(F)(F)F)c1)S(C)(=O)=O. The quantitative estimate of drug-likeness (QED) is 0.376. The van der Waals surface area contributed by atoms with Crippen LogP contribution >= 0.6 is 11.6 Å². The summed E-state index contributed by atoms with van der Waals surface area (Å²) in [7, 11) is -2.71. The van der Waals surface area contributed by atoms with Crippen LogP contribution in [0.1, 0.15) is 37.8 Å². The Balaban J connectivity index is 2.44. The van der Waals surface area contributed by atoms with Gasteiger partial charge in [-0.05, 0) is 49.2 Å². The molecule has 38 heavy (non-hydrogen) atoms. The molecule has 0 heterocycles. The molecule has 2 amide bonds. The van der Waals surface area contributed by atoms with E-state index in [-0.39, 0.29) is 12.2 Å². The zero-order valence-electron chi connectivity index (χ0n) is 21.5. The molecule has 0 aromatic heterocycles. The van der Waals surface area contributed by atoms with Crippen LogP contribution < -0.4 is 14.4 Å². The van der Waals surface area contributed by atoms with Gasteiger partial charge in [0.2, 0.25) is 21.8 Å². The van der Waals surface area contributed by atoms with E-state index in [0.717, 1.165) is 31.2 Å². The molecule has 0 aliphatic carbocycles. The third-order valence-corrected chi connectivity index (χ3v) is 7.20. The van der Waals surface area contributed by atoms with Crippen LogP contribution in [0.4, 0.5) is 18.9 Å². The number of hydrogen-bond donors (Lipinski definition) is 1. The molecule has 1 atom stereocenters. The van der Waals surface area contributed by atoms with E-state index in [4.69, 9.17) is 16.3 Å². The number of ether oxygens (including phenoxy) is 1. The second kappa shape index (κ2) is 13.2. The highest BCUT2D eigenvalue weighted by molar-refractivity contribution is 7.92. The largest absolute Gasteiger partial charge is 0.497 e. The first-order valence-electron chi connectivity index (χ1n) is 11.7. The lowest BCUT2D eigenvalue weighted by Crippen LogP contribution is -2.51. The Bertz CT molecular complexity index is 1220. The topological polar surface area (TPSA) is 96.0 Å². The van der Waals surface area contributed by atoms with Gasteiger partial charge in [-0.1, -0.05) is 37.1 Å². The van der Waals surface area contributed by atoms with Crippen LogP contribution in [0.2, 0.25) is 5.02 Å². The van der Waals surface area contributed by atoms with E-state index in [1.807, 2.05) is 6.92 Å². The van der Waals surface area contributed by atoms with Gasteiger partial charge in [0.05, 0.1) is 29.6 Å². The van der Waals surface area contributed by atoms with Gasteiger partial charge in [0, 0.05) is 13.1 Å². The van der Waals surface area contributed by atoms with E-state index >= 15 is 0 Å². The average Bonchev–Trinajstić information content (AvgIpc) is 2.84. The van der Waals surface area contributed by atoms with Crippen LogP contribution in [0.3, 0.4) is 0 Å². The first kappa shape index (κ1) is 31.2. The number of alkyl halides is 3. The third-order valence-electron chi connectivity index (χ3n) is 5.73. The lowest BCUT2D eigenvalue weighted by Gasteiger charge is -2.31. The molecule has 0 saturated heterocycles. The number of unbranched alkanes of at least 4 members (excludes halogenated alkanes) is 1. The summed E-state index contributed by atoms with van der Waals surface area (Å²) in [6.45, 7) is 2.95. The molecule has 210 valence electrons. The van der Waals surface area contributed by atoms with Crippen molar-refractivity contribution in [1.82, 2.24) is 10.2 Å². The fourth-order valence-electron chi connectivity index (χ4n) is 3.55. The van der Waals surface area contributed by atoms with Crippen molar-refractivity contribution in [3.05, 3.63) is 58.6 Å². The number of amides is 2. The van der Waals surface area contributed by atoms with Gasteiger partial charge in [0.15, 0.2) is 0 Å². The minimum atomic E-state index is -4.84. The molecule has 2 aromatic carbocycles. The summed E-state index contributed by atoms with van der Waals surface area (Å²) < 4.78 is 71.1. The van der Waals surface area contributed by atoms with E-state index in [1.165, 1.54) is 18.9 Å². The number of methoxy groups -OCH3 is 1. The molecular formula is C25H31ClF3N3O5S. The molecule has 2 rings (SSSR count). The highest BCUT2D eigenvalue weighted by atomic mass is 35.5. The Morgan fingerprint density at radius 2 is 1.76 bits per heavy atom. The van der Waals surface area contributed by atoms with Gasteiger partial charge in [0.1, 0.15) is 18.3 Å². The average molecular weight is 578 g/mol. The van der Waals surface area contributed by atoms with Gasteiger partial charge in [0.25, 0.3) is 0 Å². The Hall–Kier alpha value is -2.99. The van der Waals surface area contributed by atoms with E-state index in [0.29, 0.717) is 28.2 Å². The Morgan fingerprint density at radius 3 is 2.29 bits per heavy atom. The van der Waals surface area contributed by atoms with Crippen molar-refractivity contribution in [2.45, 2.75) is 45.5 Å². The number of nitrogens with one attached hydrogen (secondary N) is 1. The van der Waals surface area contributed by atoms with Crippen LogP contribution in [0, 0.1) is 0 Å². The number of carbonyl (C=O) groups excluding carboxylic acids is 2. The van der Waals surface area contributed by atoms with E-state index < -0.39 is 51.2 Å². The standard InChI is InChI=1S/C25H31ClF3N3O5S/c1-5-6-13-30-24(34)17(2)31(15-18-7-10-20(37-3)11-8-18)23(33)16-32(38(4,35)36)19-9-12-22(26)21(14-19)25(27,28)29/h7-12,14,17H,5-6,13,15-16H2,1-4H3,(H,30,34). The Morgan fingerprint density at radius 1 is 1.13 bits per heavy atom. The van der Waals surface area contributed by atoms with E-state index in [1.54, 1.807) is 24.3 Å². The molecule has 0 bridgehead atoms. The lowest BCUT2D eigenvalue weighted by molar-refractivity contribution is -0.139. The first-order valence-corrected chi connectivity index (χ1v) is 14.0. The Kier molecular flexibility index (Phi) is 10.8. The second-order valence-corrected chi connectivity index (χ2v) is 10.9. The summed E-state index contributed by atoms with van der Waals surface area (Å²) in [6.07, 6.45) is -2.50. The predicted octanol–water partition coefficient (Wildman–Crippen LogP) is 4.47. The predicted molar refractivity (Wildman–Crippen MR) is 140 cm³/mol. The highest BCUT2D eigenvalue weighted by Gasteiger charge is 2.35. The van der Waals surface area contributed by atoms with Gasteiger partial charge in [-0.2, -0.15) is 13.2 Å². The molecule has 0 aliphatic heterocycles. The summed E-state index contributed by atoms with van der Waals surface area (Å²) in [6, 6.07) is 8.28. The number of sulfonamides is 1. The molecule has 0 fully saturated rings. The molecule has 1 N–H and O–H groups in total. The molecule has 8 nitrogen and oxygen atoms in total. The summed E-state index contributed by atoms with van der Waals surface area (Å²) in [4.78, 5) is 27.5. The molecular weight excluding hydrogens is 547 g/mol. The van der Waals surface area contributed by atoms with Crippen molar-refractivity contribution in [3.63, 3.8) is 0 Å². The summed E-state index contributed by atoms with van der Waals surface area (Å²) >= 11 is 5.68. The van der Waals surface area contributed by atoms with Crippen LogP contribution in [0.5, 0.6) is 5.75 Å². The second-order valence-electron chi connectivity index (χ2n) is 8.62. The van der Waals surface area contributed by atoms with E-state index in [9.17, 15) is 31.2 Å². The molecule has 13 heteroatoms. The van der Waals surface area contributed by atoms with E-state index in [2.05, 4.69) is 5.32 Å². The van der Waals surface area contributed by atoms with Crippen molar-refractivity contribution < 1.29 is 35.9 Å². The molecule has 0 radical (unpaired) electrons. The third kappa shape index (κ3) is 8.52. The van der Waals surface area contributed by atoms with Gasteiger partial charge in [-0.3, -0.25) is 13.9 Å². The van der Waals surface area contributed by atoms with Crippen LogP contribution in [0.25, 0.3) is 0 Å². The minimum absolute atomic E-state index is 0.0583. The van der Waals surface area contributed by atoms with Gasteiger partial charge < -0.3 is 15.0 Å². The smallest absolute Gasteiger partial charge is 0.417 e. The normalized spacial score (nSPS) is 12.5. The maximum absolute atomic E-state index is 13.5. The Labute approximate surface area is 225 Å². The maximum atomic E-state index is 13.5. The number of hydrogen-bond acceptors (Lipinski definition) is 5. The highest BCUT2D eigenvalue weighted by Crippen LogP contribution is 2.37. The van der Waals surface area contributed by atoms with Crippen molar-refractivity contribution in [1.29, 1.82) is 0 Å². The maximum Gasteiger partial charge on any atom is 0.417 e. The van der Waals surface area contributed by atoms with Crippen molar-refractivity contribution in [3.8, 4) is 5.75 Å². The molecule has 0 aliphatic rings. The lowest BCUT2D eigenvalue weighted by atomic mass is 10.1. The number of halogens is 4. The zero-order chi connectivity index (χ0) is 28.7. The number of anilines is 1. The number of rotatable bonds is 12. The van der Waals surface area contributed by atoms with Gasteiger partial charge in [-0.15, -0.1) is 0 Å². The van der Waals surface area contributed by atoms with Crippen molar-refractivity contribution >= 4 is 39.1 Å². The number of carbonyl (C=O) groups is 2. The van der Waals surface area contributed by atoms with Crippen molar-refractivity contribution in [2.24, 2.45) is 0 Å². The summed E-state index contributed by atoms with van der Waals surface area (Å²) in [5.74, 6) is -0.659. The summed E-state index contributed by atoms with van der Waals surface area (Å²) in [5, 5.41) is 2.13. The van der Waals surface area contributed by atoms with Crippen LogP contribution in [0.15, 0.2) is 42.5 Å². The van der Waals surface area contributed by atoms with Crippen LogP contribution in [-0.2, 0) is 32.3 Å². The van der Waals surface area contributed by atoms with Gasteiger partial charge >= 0.3 is 6.18 Å². The van der Waals surface area contributed by atoms with Gasteiger partial charge in [-0.25, -0.2) is 8.42 Å². The monoisotopic (exact) mass is 577 g/mol. The fourth-order valence-corrected chi connectivity index (χ4v) is 4.61. The first-order chi connectivity index (χ1) is 17.7. The molecule has 1 unspecified atom stereocenters. The molecule has 0 saturated carbocycles. The summed E-state index contributed by atoms with van der Waals surface area (Å²) in [5.41, 5.74) is -0.998. The number of benzene rings is 2. The van der Waals surface area contributed by atoms with Crippen LogP contribution in [-0.4, -0.2) is 57.6 Å². The number of nitrogens with zero attached hydrogens (tertiary/aromatic N) is 2. The molecule has 0 spiro atoms. The fraction of sp³-hybridized carbons (Fsp3) is 0.440.